The first-order chi connectivity index (χ1) is 9.27. The van der Waals surface area contributed by atoms with Crippen LogP contribution in [0.1, 0.15) is 5.56 Å². The van der Waals surface area contributed by atoms with Crippen molar-refractivity contribution in [2.24, 2.45) is 0 Å². The molecule has 0 aliphatic carbocycles. The molecule has 0 saturated heterocycles. The molecule has 0 unspecified atom stereocenters. The summed E-state index contributed by atoms with van der Waals surface area (Å²) in [6.45, 7) is 0.548. The molecule has 1 rings (SSSR count). The van der Waals surface area contributed by atoms with Crippen molar-refractivity contribution in [3.05, 3.63) is 28.8 Å². The molecule has 1 aromatic rings. The number of nitrogens with one attached hydrogen (secondary N) is 1. The highest BCUT2D eigenvalue weighted by atomic mass is 35.5. The summed E-state index contributed by atoms with van der Waals surface area (Å²) in [5.41, 5.74) is -0.884. The van der Waals surface area contributed by atoms with Crippen molar-refractivity contribution >= 4 is 23.3 Å². The van der Waals surface area contributed by atoms with Gasteiger partial charge in [-0.25, -0.2) is 4.79 Å². The molecule has 0 atom stereocenters. The number of alkyl halides is 3. The second-order valence-electron chi connectivity index (χ2n) is 3.95. The van der Waals surface area contributed by atoms with Gasteiger partial charge in [0, 0.05) is 20.7 Å². The van der Waals surface area contributed by atoms with Crippen LogP contribution in [0.15, 0.2) is 18.2 Å². The van der Waals surface area contributed by atoms with Crippen molar-refractivity contribution in [2.75, 3.05) is 32.2 Å². The third-order valence-electron chi connectivity index (χ3n) is 2.52. The number of hydrogen-bond acceptors (Lipinski definition) is 2. The van der Waals surface area contributed by atoms with E-state index in [0.717, 1.165) is 23.1 Å². The second kappa shape index (κ2) is 6.81. The van der Waals surface area contributed by atoms with Gasteiger partial charge in [-0.15, -0.1) is 0 Å². The molecule has 4 nitrogen and oxygen atoms in total. The Morgan fingerprint density at radius 2 is 2.10 bits per heavy atom. The van der Waals surface area contributed by atoms with E-state index in [1.807, 2.05) is 0 Å². The lowest BCUT2D eigenvalue weighted by molar-refractivity contribution is -0.137. The van der Waals surface area contributed by atoms with Crippen molar-refractivity contribution in [2.45, 2.75) is 6.18 Å². The Balaban J connectivity index is 2.91. The Bertz CT molecular complexity index is 480. The first-order valence-electron chi connectivity index (χ1n) is 5.64. The number of hydrogen-bond donors (Lipinski definition) is 1. The minimum atomic E-state index is -4.49. The third kappa shape index (κ3) is 4.28. The van der Waals surface area contributed by atoms with Crippen molar-refractivity contribution in [3.8, 4) is 0 Å². The van der Waals surface area contributed by atoms with E-state index in [1.165, 1.54) is 14.2 Å². The van der Waals surface area contributed by atoms with Crippen LogP contribution in [0.5, 0.6) is 0 Å². The van der Waals surface area contributed by atoms with Gasteiger partial charge in [0.25, 0.3) is 0 Å². The van der Waals surface area contributed by atoms with E-state index in [2.05, 4.69) is 5.32 Å². The zero-order chi connectivity index (χ0) is 15.3. The Morgan fingerprint density at radius 1 is 1.45 bits per heavy atom. The minimum absolute atomic E-state index is 0.0172. The van der Waals surface area contributed by atoms with Crippen molar-refractivity contribution in [1.82, 2.24) is 5.32 Å². The Kier molecular flexibility index (Phi) is 5.64. The predicted octanol–water partition coefficient (Wildman–Crippen LogP) is 3.15. The van der Waals surface area contributed by atoms with Crippen LogP contribution in [0, 0.1) is 0 Å². The predicted molar refractivity (Wildman–Crippen MR) is 70.1 cm³/mol. The van der Waals surface area contributed by atoms with Gasteiger partial charge in [-0.05, 0) is 18.2 Å². The average Bonchev–Trinajstić information content (AvgIpc) is 2.37. The van der Waals surface area contributed by atoms with E-state index in [1.54, 1.807) is 0 Å². The molecule has 0 spiro atoms. The molecule has 0 heterocycles. The summed E-state index contributed by atoms with van der Waals surface area (Å²) in [4.78, 5) is 12.8. The fourth-order valence-corrected chi connectivity index (χ4v) is 1.68. The molecule has 2 amide bonds. The monoisotopic (exact) mass is 310 g/mol. The van der Waals surface area contributed by atoms with Crippen LogP contribution in [0.25, 0.3) is 0 Å². The highest BCUT2D eigenvalue weighted by Crippen LogP contribution is 2.35. The maximum absolute atomic E-state index is 12.6. The lowest BCUT2D eigenvalue weighted by atomic mass is 10.2. The van der Waals surface area contributed by atoms with Gasteiger partial charge in [0.2, 0.25) is 0 Å². The van der Waals surface area contributed by atoms with Crippen molar-refractivity contribution < 1.29 is 22.7 Å². The molecule has 0 aromatic heterocycles. The van der Waals surface area contributed by atoms with Gasteiger partial charge in [0.1, 0.15) is 0 Å². The number of carbonyl (C=O) groups is 1. The lowest BCUT2D eigenvalue weighted by Gasteiger charge is -2.20. The second-order valence-corrected chi connectivity index (χ2v) is 4.35. The maximum atomic E-state index is 12.6. The number of urea groups is 1. The molecular weight excluding hydrogens is 297 g/mol. The van der Waals surface area contributed by atoms with Gasteiger partial charge in [0.05, 0.1) is 22.9 Å². The van der Waals surface area contributed by atoms with Crippen molar-refractivity contribution in [1.29, 1.82) is 0 Å². The summed E-state index contributed by atoms with van der Waals surface area (Å²) < 4.78 is 42.7. The number of methoxy groups -OCH3 is 1. The molecule has 1 aromatic carbocycles. The minimum Gasteiger partial charge on any atom is -0.383 e. The molecule has 0 fully saturated rings. The van der Waals surface area contributed by atoms with Gasteiger partial charge >= 0.3 is 12.2 Å². The Labute approximate surface area is 119 Å². The van der Waals surface area contributed by atoms with Gasteiger partial charge in [-0.2, -0.15) is 13.2 Å². The van der Waals surface area contributed by atoms with E-state index in [-0.39, 0.29) is 17.3 Å². The molecule has 1 N–H and O–H groups in total. The van der Waals surface area contributed by atoms with Crippen LogP contribution in [0.4, 0.5) is 23.7 Å². The van der Waals surface area contributed by atoms with E-state index in [4.69, 9.17) is 16.3 Å². The standard InChI is InChI=1S/C12H14ClF3N2O2/c1-18(11(19)17-5-6-20-2)10-7-8(12(14,15)16)3-4-9(10)13/h3-4,7H,5-6H2,1-2H3,(H,17,19). The van der Waals surface area contributed by atoms with Gasteiger partial charge in [-0.3, -0.25) is 4.90 Å². The Hall–Kier alpha value is -1.47. The third-order valence-corrected chi connectivity index (χ3v) is 2.84. The largest absolute Gasteiger partial charge is 0.416 e. The van der Waals surface area contributed by atoms with Gasteiger partial charge in [-0.1, -0.05) is 11.6 Å². The molecule has 112 valence electrons. The van der Waals surface area contributed by atoms with Crippen LogP contribution in [0.3, 0.4) is 0 Å². The van der Waals surface area contributed by atoms with Crippen LogP contribution < -0.4 is 10.2 Å². The van der Waals surface area contributed by atoms with Gasteiger partial charge in [0.15, 0.2) is 0 Å². The molecule has 0 saturated carbocycles. The average molecular weight is 311 g/mol. The van der Waals surface area contributed by atoms with E-state index in [9.17, 15) is 18.0 Å². The number of amides is 2. The SMILES string of the molecule is COCCNC(=O)N(C)c1cc(C(F)(F)F)ccc1Cl. The van der Waals surface area contributed by atoms with Crippen LogP contribution in [0.2, 0.25) is 5.02 Å². The summed E-state index contributed by atoms with van der Waals surface area (Å²) >= 11 is 5.83. The highest BCUT2D eigenvalue weighted by Gasteiger charge is 2.31. The smallest absolute Gasteiger partial charge is 0.383 e. The first-order valence-corrected chi connectivity index (χ1v) is 6.02. The lowest BCUT2D eigenvalue weighted by Crippen LogP contribution is -2.39. The van der Waals surface area contributed by atoms with Crippen LogP contribution >= 0.6 is 11.6 Å². The quantitative estimate of drug-likeness (QED) is 0.868. The topological polar surface area (TPSA) is 41.6 Å². The molecule has 0 aliphatic heterocycles. The number of rotatable bonds is 4. The fourth-order valence-electron chi connectivity index (χ4n) is 1.43. The summed E-state index contributed by atoms with van der Waals surface area (Å²) in [5.74, 6) is 0. The first kappa shape index (κ1) is 16.6. The van der Waals surface area contributed by atoms with Crippen molar-refractivity contribution in [3.63, 3.8) is 0 Å². The zero-order valence-electron chi connectivity index (χ0n) is 10.9. The number of benzene rings is 1. The van der Waals surface area contributed by atoms with E-state index in [0.29, 0.717) is 6.61 Å². The molecular formula is C12H14ClF3N2O2. The number of ether oxygens (including phenoxy) is 1. The summed E-state index contributed by atoms with van der Waals surface area (Å²) in [5, 5.41) is 2.55. The highest BCUT2D eigenvalue weighted by molar-refractivity contribution is 6.33. The van der Waals surface area contributed by atoms with Gasteiger partial charge < -0.3 is 10.1 Å². The zero-order valence-corrected chi connectivity index (χ0v) is 11.7. The summed E-state index contributed by atoms with van der Waals surface area (Å²) in [6, 6.07) is 2.24. The fraction of sp³-hybridized carbons (Fsp3) is 0.417. The Morgan fingerprint density at radius 3 is 2.65 bits per heavy atom. The van der Waals surface area contributed by atoms with E-state index < -0.39 is 17.8 Å². The number of anilines is 1. The number of carbonyl (C=O) groups excluding carboxylic acids is 1. The molecule has 20 heavy (non-hydrogen) atoms. The van der Waals surface area contributed by atoms with E-state index >= 15 is 0 Å². The number of nitrogens with zero attached hydrogens (tertiary/aromatic N) is 1. The normalized spacial score (nSPS) is 11.3. The number of halogens is 4. The molecule has 0 aliphatic rings. The summed E-state index contributed by atoms with van der Waals surface area (Å²) in [7, 11) is 2.81. The summed E-state index contributed by atoms with van der Waals surface area (Å²) in [6.07, 6.45) is -4.49. The van der Waals surface area contributed by atoms with Crippen LogP contribution in [-0.4, -0.2) is 33.3 Å². The molecule has 8 heteroatoms. The molecule has 0 bridgehead atoms. The van der Waals surface area contributed by atoms with Crippen LogP contribution in [-0.2, 0) is 10.9 Å². The maximum Gasteiger partial charge on any atom is 0.416 e. The molecule has 0 radical (unpaired) electrons.